The van der Waals surface area contributed by atoms with Gasteiger partial charge in [0.15, 0.2) is 11.5 Å². The fourth-order valence-electron chi connectivity index (χ4n) is 2.59. The Morgan fingerprint density at radius 2 is 1.93 bits per heavy atom. The minimum Gasteiger partial charge on any atom is -0.493 e. The van der Waals surface area contributed by atoms with Gasteiger partial charge in [-0.25, -0.2) is 9.78 Å². The van der Waals surface area contributed by atoms with Gasteiger partial charge in [-0.1, -0.05) is 0 Å². The fraction of sp³-hybridized carbons (Fsp3) is 0.125. The summed E-state index contributed by atoms with van der Waals surface area (Å²) in [4.78, 5) is 22.3. The maximum absolute atomic E-state index is 12.6. The number of aromatic hydroxyl groups is 1. The van der Waals surface area contributed by atoms with Gasteiger partial charge in [0.2, 0.25) is 11.8 Å². The van der Waals surface area contributed by atoms with Crippen LogP contribution in [0.5, 0.6) is 5.88 Å². The van der Waals surface area contributed by atoms with Crippen LogP contribution in [0.2, 0.25) is 0 Å². The summed E-state index contributed by atoms with van der Waals surface area (Å²) in [5.41, 5.74) is -0.468. The second-order valence-corrected chi connectivity index (χ2v) is 5.84. The summed E-state index contributed by atoms with van der Waals surface area (Å²) >= 11 is 0. The Labute approximate surface area is 154 Å². The second-order valence-electron chi connectivity index (χ2n) is 5.84. The SMILES string of the molecule is O=c1[nH]c(O)cn1Cc1nccc2nc(Nc3ccc(C(F)(F)F)cc3)nn12. The monoisotopic (exact) mass is 391 g/mol. The molecule has 12 heteroatoms. The molecule has 1 aromatic carbocycles. The predicted molar refractivity (Wildman–Crippen MR) is 91.3 cm³/mol. The Morgan fingerprint density at radius 1 is 1.18 bits per heavy atom. The summed E-state index contributed by atoms with van der Waals surface area (Å²) in [7, 11) is 0. The predicted octanol–water partition coefficient (Wildman–Crippen LogP) is 2.13. The van der Waals surface area contributed by atoms with E-state index in [9.17, 15) is 23.1 Å². The lowest BCUT2D eigenvalue weighted by Crippen LogP contribution is -2.19. The number of nitrogens with zero attached hydrogens (tertiary/aromatic N) is 5. The van der Waals surface area contributed by atoms with Crippen LogP contribution in [0.15, 0.2) is 47.5 Å². The number of nitrogens with one attached hydrogen (secondary N) is 2. The lowest BCUT2D eigenvalue weighted by atomic mass is 10.2. The first-order chi connectivity index (χ1) is 13.3. The number of fused-ring (bicyclic) bond motifs is 1. The molecule has 0 saturated carbocycles. The highest BCUT2D eigenvalue weighted by atomic mass is 19.4. The summed E-state index contributed by atoms with van der Waals surface area (Å²) in [6.07, 6.45) is -1.70. The molecule has 4 aromatic rings. The van der Waals surface area contributed by atoms with Crippen LogP contribution in [0.1, 0.15) is 11.4 Å². The number of benzene rings is 1. The zero-order chi connectivity index (χ0) is 19.9. The number of halogens is 3. The van der Waals surface area contributed by atoms with Gasteiger partial charge >= 0.3 is 11.9 Å². The van der Waals surface area contributed by atoms with E-state index in [4.69, 9.17) is 0 Å². The third-order valence-electron chi connectivity index (χ3n) is 3.88. The Bertz CT molecular complexity index is 1190. The van der Waals surface area contributed by atoms with E-state index in [2.05, 4.69) is 25.4 Å². The summed E-state index contributed by atoms with van der Waals surface area (Å²) in [5.74, 6) is 0.241. The van der Waals surface area contributed by atoms with Crippen LogP contribution in [0, 0.1) is 0 Å². The molecule has 0 fully saturated rings. The average molecular weight is 391 g/mol. The molecule has 0 aliphatic carbocycles. The molecule has 3 heterocycles. The normalized spacial score (nSPS) is 11.8. The first-order valence-electron chi connectivity index (χ1n) is 7.93. The smallest absolute Gasteiger partial charge is 0.416 e. The van der Waals surface area contributed by atoms with Crippen LogP contribution in [0.4, 0.5) is 24.8 Å². The number of rotatable bonds is 4. The van der Waals surface area contributed by atoms with E-state index in [1.165, 1.54) is 33.6 Å². The van der Waals surface area contributed by atoms with Gasteiger partial charge in [-0.3, -0.25) is 9.55 Å². The van der Waals surface area contributed by atoms with E-state index in [0.717, 1.165) is 12.1 Å². The molecule has 0 atom stereocenters. The summed E-state index contributed by atoms with van der Waals surface area (Å²) < 4.78 is 40.5. The molecule has 0 saturated heterocycles. The van der Waals surface area contributed by atoms with Crippen LogP contribution in [-0.2, 0) is 12.7 Å². The highest BCUT2D eigenvalue weighted by molar-refractivity contribution is 5.56. The Kier molecular flexibility index (Phi) is 4.02. The maximum atomic E-state index is 12.6. The summed E-state index contributed by atoms with van der Waals surface area (Å²) in [6.45, 7) is 0.0241. The van der Waals surface area contributed by atoms with Crippen molar-refractivity contribution >= 4 is 17.3 Å². The van der Waals surface area contributed by atoms with Gasteiger partial charge in [0, 0.05) is 18.0 Å². The highest BCUT2D eigenvalue weighted by Gasteiger charge is 2.29. The second kappa shape index (κ2) is 6.40. The first kappa shape index (κ1) is 17.6. The molecule has 3 aromatic heterocycles. The largest absolute Gasteiger partial charge is 0.493 e. The molecule has 0 spiro atoms. The molecule has 9 nitrogen and oxygen atoms in total. The molecule has 3 N–H and O–H groups in total. The zero-order valence-electron chi connectivity index (χ0n) is 14.0. The van der Waals surface area contributed by atoms with Gasteiger partial charge < -0.3 is 10.4 Å². The van der Waals surface area contributed by atoms with Crippen LogP contribution >= 0.6 is 0 Å². The number of aromatic amines is 1. The van der Waals surface area contributed by atoms with Crippen molar-refractivity contribution in [2.75, 3.05) is 5.32 Å². The van der Waals surface area contributed by atoms with Gasteiger partial charge in [0.25, 0.3) is 0 Å². The van der Waals surface area contributed by atoms with Crippen LogP contribution < -0.4 is 11.0 Å². The van der Waals surface area contributed by atoms with Crippen molar-refractivity contribution in [1.29, 1.82) is 0 Å². The molecule has 144 valence electrons. The molecular weight excluding hydrogens is 379 g/mol. The topological polar surface area (TPSA) is 113 Å². The number of hydrogen-bond donors (Lipinski definition) is 3. The van der Waals surface area contributed by atoms with E-state index in [0.29, 0.717) is 17.2 Å². The average Bonchev–Trinajstić information content (AvgIpc) is 3.17. The standard InChI is InChI=1S/C16H12F3N7O2/c17-16(18,19)9-1-3-10(4-2-9)21-14-22-11-5-6-20-12(26(11)24-14)7-25-8-13(27)23-15(25)28/h1-6,8,27H,7H2,(H,21,24)(H,23,28). The van der Waals surface area contributed by atoms with Crippen LogP contribution in [-0.4, -0.2) is 34.2 Å². The zero-order valence-corrected chi connectivity index (χ0v) is 14.0. The van der Waals surface area contributed by atoms with Gasteiger partial charge in [0.1, 0.15) is 0 Å². The molecule has 4 rings (SSSR count). The van der Waals surface area contributed by atoms with Crippen molar-refractivity contribution in [2.24, 2.45) is 0 Å². The van der Waals surface area contributed by atoms with Crippen molar-refractivity contribution in [3.63, 3.8) is 0 Å². The number of anilines is 2. The quantitative estimate of drug-likeness (QED) is 0.491. The highest BCUT2D eigenvalue weighted by Crippen LogP contribution is 2.30. The Morgan fingerprint density at radius 3 is 2.57 bits per heavy atom. The lowest BCUT2D eigenvalue weighted by Gasteiger charge is -2.07. The number of imidazole rings is 1. The minimum atomic E-state index is -4.41. The third-order valence-corrected chi connectivity index (χ3v) is 3.88. The van der Waals surface area contributed by atoms with Crippen molar-refractivity contribution in [1.82, 2.24) is 29.1 Å². The molecule has 28 heavy (non-hydrogen) atoms. The Hall–Kier alpha value is -3.83. The number of hydrogen-bond acceptors (Lipinski definition) is 6. The molecule has 0 aliphatic rings. The minimum absolute atomic E-state index is 0.0241. The van der Waals surface area contributed by atoms with E-state index in [1.54, 1.807) is 6.07 Å². The van der Waals surface area contributed by atoms with Crippen molar-refractivity contribution < 1.29 is 18.3 Å². The molecule has 0 aliphatic heterocycles. The van der Waals surface area contributed by atoms with Gasteiger partial charge in [-0.15, -0.1) is 5.10 Å². The van der Waals surface area contributed by atoms with Gasteiger partial charge in [-0.2, -0.15) is 22.7 Å². The van der Waals surface area contributed by atoms with Gasteiger partial charge in [0.05, 0.1) is 18.3 Å². The molecule has 0 unspecified atom stereocenters. The van der Waals surface area contributed by atoms with E-state index < -0.39 is 17.4 Å². The number of alkyl halides is 3. The fourth-order valence-corrected chi connectivity index (χ4v) is 2.59. The molecule has 0 bridgehead atoms. The van der Waals surface area contributed by atoms with Gasteiger partial charge in [-0.05, 0) is 24.3 Å². The Balaban J connectivity index is 1.61. The third kappa shape index (κ3) is 3.39. The van der Waals surface area contributed by atoms with E-state index in [1.807, 2.05) is 0 Å². The van der Waals surface area contributed by atoms with E-state index in [-0.39, 0.29) is 18.4 Å². The van der Waals surface area contributed by atoms with Crippen molar-refractivity contribution in [3.05, 3.63) is 64.6 Å². The molecule has 0 radical (unpaired) electrons. The lowest BCUT2D eigenvalue weighted by molar-refractivity contribution is -0.137. The summed E-state index contributed by atoms with van der Waals surface area (Å²) in [5, 5.41) is 16.4. The molecule has 0 amide bonds. The number of aromatic nitrogens is 6. The maximum Gasteiger partial charge on any atom is 0.416 e. The summed E-state index contributed by atoms with van der Waals surface area (Å²) in [6, 6.07) is 6.04. The van der Waals surface area contributed by atoms with Crippen LogP contribution in [0.25, 0.3) is 5.65 Å². The first-order valence-corrected chi connectivity index (χ1v) is 7.93. The van der Waals surface area contributed by atoms with Crippen LogP contribution in [0.3, 0.4) is 0 Å². The van der Waals surface area contributed by atoms with Crippen molar-refractivity contribution in [3.8, 4) is 5.88 Å². The number of H-pyrrole nitrogens is 1. The molecular formula is C16H12F3N7O2. The van der Waals surface area contributed by atoms with Crippen molar-refractivity contribution in [2.45, 2.75) is 12.7 Å². The van der Waals surface area contributed by atoms with E-state index >= 15 is 0 Å².